The van der Waals surface area contributed by atoms with Crippen LogP contribution in [-0.2, 0) is 6.42 Å². The van der Waals surface area contributed by atoms with E-state index in [-0.39, 0.29) is 5.82 Å². The van der Waals surface area contributed by atoms with Gasteiger partial charge in [-0.25, -0.2) is 4.39 Å². The molecule has 0 atom stereocenters. The molecule has 0 saturated heterocycles. The number of hydrogen-bond acceptors (Lipinski definition) is 2. The van der Waals surface area contributed by atoms with E-state index in [0.717, 1.165) is 0 Å². The summed E-state index contributed by atoms with van der Waals surface area (Å²) >= 11 is 0. The lowest BCUT2D eigenvalue weighted by atomic mass is 10.0. The van der Waals surface area contributed by atoms with E-state index in [9.17, 15) is 9.18 Å². The van der Waals surface area contributed by atoms with Gasteiger partial charge in [-0.15, -0.1) is 0 Å². The summed E-state index contributed by atoms with van der Waals surface area (Å²) in [6.45, 7) is 0.365. The maximum absolute atomic E-state index is 12.7. The Bertz CT molecular complexity index is 325. The molecule has 0 bridgehead atoms. The van der Waals surface area contributed by atoms with Crippen molar-refractivity contribution in [2.75, 3.05) is 6.54 Å². The summed E-state index contributed by atoms with van der Waals surface area (Å²) in [5, 5.41) is 0. The molecule has 0 spiro atoms. The number of hydrogen-bond donors (Lipinski definition) is 2. The fourth-order valence-corrected chi connectivity index (χ4v) is 1.17. The van der Waals surface area contributed by atoms with Crippen LogP contribution in [0.25, 0.3) is 0 Å². The Balaban J connectivity index is 3.10. The molecule has 0 saturated carbocycles. The van der Waals surface area contributed by atoms with Crippen LogP contribution in [0.1, 0.15) is 15.9 Å². The molecule has 0 fully saturated rings. The van der Waals surface area contributed by atoms with E-state index < -0.39 is 5.91 Å². The molecule has 3 nitrogen and oxygen atoms in total. The monoisotopic (exact) mass is 182 g/mol. The van der Waals surface area contributed by atoms with Gasteiger partial charge in [0, 0.05) is 5.56 Å². The number of primary amides is 1. The van der Waals surface area contributed by atoms with E-state index >= 15 is 0 Å². The zero-order chi connectivity index (χ0) is 9.84. The lowest BCUT2D eigenvalue weighted by molar-refractivity contribution is 0.0999. The highest BCUT2D eigenvalue weighted by Gasteiger charge is 2.07. The van der Waals surface area contributed by atoms with Gasteiger partial charge in [0.2, 0.25) is 5.91 Å². The SMILES string of the molecule is NCCc1cc(F)ccc1C(N)=O. The van der Waals surface area contributed by atoms with Gasteiger partial charge in [-0.1, -0.05) is 0 Å². The van der Waals surface area contributed by atoms with Crippen LogP contribution < -0.4 is 11.5 Å². The van der Waals surface area contributed by atoms with Crippen LogP contribution in [0, 0.1) is 5.82 Å². The Kier molecular flexibility index (Phi) is 2.97. The highest BCUT2D eigenvalue weighted by Crippen LogP contribution is 2.10. The first kappa shape index (κ1) is 9.67. The fourth-order valence-electron chi connectivity index (χ4n) is 1.17. The molecule has 13 heavy (non-hydrogen) atoms. The van der Waals surface area contributed by atoms with Crippen LogP contribution in [0.5, 0.6) is 0 Å². The van der Waals surface area contributed by atoms with Crippen molar-refractivity contribution in [3.63, 3.8) is 0 Å². The standard InChI is InChI=1S/C9H11FN2O/c10-7-1-2-8(9(12)13)6(5-7)3-4-11/h1-2,5H,3-4,11H2,(H2,12,13). The van der Waals surface area contributed by atoms with Crippen LogP contribution in [0.2, 0.25) is 0 Å². The summed E-state index contributed by atoms with van der Waals surface area (Å²) in [6.07, 6.45) is 0.454. The van der Waals surface area contributed by atoms with Crippen LogP contribution in [0.3, 0.4) is 0 Å². The van der Waals surface area contributed by atoms with Gasteiger partial charge in [0.15, 0.2) is 0 Å². The number of carbonyl (C=O) groups is 1. The molecule has 1 aromatic carbocycles. The molecule has 1 rings (SSSR count). The molecule has 1 aromatic rings. The largest absolute Gasteiger partial charge is 0.366 e. The number of carbonyl (C=O) groups excluding carboxylic acids is 1. The topological polar surface area (TPSA) is 69.1 Å². The van der Waals surface area contributed by atoms with E-state index in [0.29, 0.717) is 24.1 Å². The Morgan fingerprint density at radius 2 is 2.15 bits per heavy atom. The number of amides is 1. The number of halogens is 1. The molecule has 0 aliphatic heterocycles. The van der Waals surface area contributed by atoms with Gasteiger partial charge < -0.3 is 11.5 Å². The summed E-state index contributed by atoms with van der Waals surface area (Å²) in [5.74, 6) is -0.933. The lowest BCUT2D eigenvalue weighted by Crippen LogP contribution is -2.15. The molecule has 0 unspecified atom stereocenters. The summed E-state index contributed by atoms with van der Waals surface area (Å²) in [4.78, 5) is 10.9. The van der Waals surface area contributed by atoms with E-state index in [1.165, 1.54) is 18.2 Å². The molecule has 4 heteroatoms. The predicted octanol–water partition coefficient (Wildman–Crippen LogP) is 0.426. The highest BCUT2D eigenvalue weighted by atomic mass is 19.1. The molecule has 0 aliphatic carbocycles. The first-order valence-corrected chi connectivity index (χ1v) is 3.93. The van der Waals surface area contributed by atoms with Gasteiger partial charge in [0.25, 0.3) is 0 Å². The van der Waals surface area contributed by atoms with E-state index in [4.69, 9.17) is 11.5 Å². The minimum Gasteiger partial charge on any atom is -0.366 e. The maximum atomic E-state index is 12.7. The van der Waals surface area contributed by atoms with Crippen LogP contribution in [0.4, 0.5) is 4.39 Å². The van der Waals surface area contributed by atoms with Crippen molar-refractivity contribution in [2.24, 2.45) is 11.5 Å². The molecular formula is C9H11FN2O. The number of nitrogens with two attached hydrogens (primary N) is 2. The van der Waals surface area contributed by atoms with Gasteiger partial charge in [0.1, 0.15) is 5.82 Å². The highest BCUT2D eigenvalue weighted by molar-refractivity contribution is 5.94. The summed E-state index contributed by atoms with van der Waals surface area (Å²) < 4.78 is 12.7. The third-order valence-corrected chi connectivity index (χ3v) is 1.75. The minimum atomic E-state index is -0.552. The Morgan fingerprint density at radius 3 is 2.69 bits per heavy atom. The minimum absolute atomic E-state index is 0.340. The Labute approximate surface area is 75.5 Å². The van der Waals surface area contributed by atoms with Crippen molar-refractivity contribution in [1.82, 2.24) is 0 Å². The number of rotatable bonds is 3. The second-order valence-corrected chi connectivity index (χ2v) is 2.70. The molecule has 1 amide bonds. The molecule has 4 N–H and O–H groups in total. The first-order valence-electron chi connectivity index (χ1n) is 3.93. The van der Waals surface area contributed by atoms with Gasteiger partial charge in [-0.05, 0) is 36.7 Å². The molecule has 0 aromatic heterocycles. The second kappa shape index (κ2) is 4.00. The van der Waals surface area contributed by atoms with Crippen LogP contribution in [-0.4, -0.2) is 12.5 Å². The van der Waals surface area contributed by atoms with E-state index in [1.54, 1.807) is 0 Å². The smallest absolute Gasteiger partial charge is 0.248 e. The van der Waals surface area contributed by atoms with Crippen molar-refractivity contribution in [3.8, 4) is 0 Å². The van der Waals surface area contributed by atoms with Crippen molar-refractivity contribution in [3.05, 3.63) is 35.1 Å². The average molecular weight is 182 g/mol. The van der Waals surface area contributed by atoms with Crippen molar-refractivity contribution in [1.29, 1.82) is 0 Å². The zero-order valence-corrected chi connectivity index (χ0v) is 7.09. The molecule has 0 radical (unpaired) electrons. The van der Waals surface area contributed by atoms with Gasteiger partial charge in [-0.3, -0.25) is 4.79 Å². The summed E-state index contributed by atoms with van der Waals surface area (Å²) in [5.41, 5.74) is 11.3. The second-order valence-electron chi connectivity index (χ2n) is 2.70. The van der Waals surface area contributed by atoms with Crippen LogP contribution in [0.15, 0.2) is 18.2 Å². The van der Waals surface area contributed by atoms with Gasteiger partial charge in [-0.2, -0.15) is 0 Å². The Morgan fingerprint density at radius 1 is 1.46 bits per heavy atom. The van der Waals surface area contributed by atoms with Crippen molar-refractivity contribution < 1.29 is 9.18 Å². The first-order chi connectivity index (χ1) is 6.15. The number of benzene rings is 1. The molecule has 0 heterocycles. The molecular weight excluding hydrogens is 171 g/mol. The Hall–Kier alpha value is -1.42. The van der Waals surface area contributed by atoms with E-state index in [1.807, 2.05) is 0 Å². The quantitative estimate of drug-likeness (QED) is 0.711. The third kappa shape index (κ3) is 2.26. The summed E-state index contributed by atoms with van der Waals surface area (Å²) in [6, 6.07) is 3.87. The zero-order valence-electron chi connectivity index (χ0n) is 7.09. The molecule has 70 valence electrons. The average Bonchev–Trinajstić information content (AvgIpc) is 2.04. The predicted molar refractivity (Wildman–Crippen MR) is 47.7 cm³/mol. The van der Waals surface area contributed by atoms with E-state index in [2.05, 4.69) is 0 Å². The van der Waals surface area contributed by atoms with Gasteiger partial charge in [0.05, 0.1) is 0 Å². The fraction of sp³-hybridized carbons (Fsp3) is 0.222. The maximum Gasteiger partial charge on any atom is 0.248 e. The van der Waals surface area contributed by atoms with Gasteiger partial charge >= 0.3 is 0 Å². The van der Waals surface area contributed by atoms with Crippen molar-refractivity contribution in [2.45, 2.75) is 6.42 Å². The normalized spacial score (nSPS) is 10.0. The van der Waals surface area contributed by atoms with Crippen molar-refractivity contribution >= 4 is 5.91 Å². The molecule has 0 aliphatic rings. The lowest BCUT2D eigenvalue weighted by Gasteiger charge is -2.04. The van der Waals surface area contributed by atoms with Crippen LogP contribution >= 0.6 is 0 Å². The summed E-state index contributed by atoms with van der Waals surface area (Å²) in [7, 11) is 0. The third-order valence-electron chi connectivity index (χ3n) is 1.75.